The van der Waals surface area contributed by atoms with Gasteiger partial charge in [0, 0.05) is 23.2 Å². The second-order valence-electron chi connectivity index (χ2n) is 7.31. The minimum atomic E-state index is -3.12. The second kappa shape index (κ2) is 8.53. The van der Waals surface area contributed by atoms with Crippen molar-refractivity contribution >= 4 is 27.3 Å². The molecule has 1 aliphatic heterocycles. The van der Waals surface area contributed by atoms with Crippen LogP contribution in [0.3, 0.4) is 0 Å². The first-order valence-corrected chi connectivity index (χ1v) is 11.5. The molecular weight excluding hydrogens is 398 g/mol. The molecule has 3 rings (SSSR count). The summed E-state index contributed by atoms with van der Waals surface area (Å²) in [6.45, 7) is 4.18. The molecule has 0 N–H and O–H groups in total. The van der Waals surface area contributed by atoms with Crippen molar-refractivity contribution in [2.45, 2.75) is 39.0 Å². The van der Waals surface area contributed by atoms with Gasteiger partial charge < -0.3 is 9.64 Å². The lowest BCUT2D eigenvalue weighted by Gasteiger charge is -2.28. The van der Waals surface area contributed by atoms with Crippen LogP contribution in [0, 0.1) is 0 Å². The molecule has 1 saturated heterocycles. The molecule has 1 fully saturated rings. The lowest BCUT2D eigenvalue weighted by atomic mass is 10.1. The largest absolute Gasteiger partial charge is 0.491 e. The molecule has 150 valence electrons. The summed E-state index contributed by atoms with van der Waals surface area (Å²) in [5.74, 6) is 0.598. The molecular formula is C21H24ClNO4S. The Bertz CT molecular complexity index is 941. The van der Waals surface area contributed by atoms with E-state index in [2.05, 4.69) is 0 Å². The van der Waals surface area contributed by atoms with Gasteiger partial charge in [-0.2, -0.15) is 0 Å². The summed E-state index contributed by atoms with van der Waals surface area (Å²) in [4.78, 5) is 14.9. The number of ether oxygens (including phenoxy) is 1. The van der Waals surface area contributed by atoms with Crippen molar-refractivity contribution in [3.05, 3.63) is 64.7 Å². The summed E-state index contributed by atoms with van der Waals surface area (Å²) in [5, 5.41) is 0.583. The highest BCUT2D eigenvalue weighted by molar-refractivity contribution is 7.91. The van der Waals surface area contributed by atoms with Gasteiger partial charge in [0.25, 0.3) is 5.91 Å². The molecule has 2 aromatic carbocycles. The molecule has 1 heterocycles. The maximum Gasteiger partial charge on any atom is 0.254 e. The molecule has 0 aliphatic carbocycles. The summed E-state index contributed by atoms with van der Waals surface area (Å²) in [6.07, 6.45) is 0.494. The van der Waals surface area contributed by atoms with Gasteiger partial charge in [0.1, 0.15) is 5.75 Å². The fourth-order valence-corrected chi connectivity index (χ4v) is 5.28. The van der Waals surface area contributed by atoms with Crippen LogP contribution in [0.5, 0.6) is 5.75 Å². The Hall–Kier alpha value is -2.05. The standard InChI is InChI=1S/C21H24ClNO4S/c1-15(2)27-20-8-6-17(7-9-20)21(24)23(19-10-11-28(25,26)14-19)13-16-4-3-5-18(22)12-16/h3-9,12,15,19H,10-11,13-14H2,1-2H3. The number of rotatable bonds is 6. The van der Waals surface area contributed by atoms with Gasteiger partial charge in [-0.25, -0.2) is 8.42 Å². The lowest BCUT2D eigenvalue weighted by molar-refractivity contribution is 0.0681. The van der Waals surface area contributed by atoms with Gasteiger partial charge in [0.05, 0.1) is 17.6 Å². The number of carbonyl (C=O) groups is 1. The fraction of sp³-hybridized carbons (Fsp3) is 0.381. The number of benzene rings is 2. The molecule has 7 heteroatoms. The number of nitrogens with zero attached hydrogens (tertiary/aromatic N) is 1. The predicted molar refractivity (Wildman–Crippen MR) is 111 cm³/mol. The first-order valence-electron chi connectivity index (χ1n) is 9.26. The van der Waals surface area contributed by atoms with E-state index < -0.39 is 9.84 Å². The number of sulfone groups is 1. The Morgan fingerprint density at radius 3 is 2.50 bits per heavy atom. The van der Waals surface area contributed by atoms with E-state index in [-0.39, 0.29) is 29.6 Å². The van der Waals surface area contributed by atoms with Crippen LogP contribution in [0.2, 0.25) is 5.02 Å². The maximum atomic E-state index is 13.2. The molecule has 1 amide bonds. The van der Waals surface area contributed by atoms with Crippen LogP contribution in [-0.2, 0) is 16.4 Å². The van der Waals surface area contributed by atoms with E-state index in [1.165, 1.54) is 0 Å². The third kappa shape index (κ3) is 5.26. The summed E-state index contributed by atoms with van der Waals surface area (Å²) >= 11 is 6.08. The zero-order chi connectivity index (χ0) is 20.3. The van der Waals surface area contributed by atoms with E-state index in [9.17, 15) is 13.2 Å². The van der Waals surface area contributed by atoms with Gasteiger partial charge in [-0.3, -0.25) is 4.79 Å². The average Bonchev–Trinajstić information content (AvgIpc) is 2.99. The van der Waals surface area contributed by atoms with Gasteiger partial charge in [-0.15, -0.1) is 0 Å². The molecule has 28 heavy (non-hydrogen) atoms. The molecule has 0 bridgehead atoms. The molecule has 0 spiro atoms. The van der Waals surface area contributed by atoms with Crippen molar-refractivity contribution in [1.82, 2.24) is 4.90 Å². The van der Waals surface area contributed by atoms with Gasteiger partial charge in [0.15, 0.2) is 9.84 Å². The van der Waals surface area contributed by atoms with Crippen LogP contribution < -0.4 is 4.74 Å². The van der Waals surface area contributed by atoms with E-state index in [0.29, 0.717) is 29.3 Å². The van der Waals surface area contributed by atoms with Crippen LogP contribution in [0.1, 0.15) is 36.2 Å². The molecule has 0 aromatic heterocycles. The first kappa shape index (κ1) is 20.7. The molecule has 1 unspecified atom stereocenters. The maximum absolute atomic E-state index is 13.2. The van der Waals surface area contributed by atoms with Crippen molar-refractivity contribution in [2.24, 2.45) is 0 Å². The quantitative estimate of drug-likeness (QED) is 0.708. The Morgan fingerprint density at radius 2 is 1.93 bits per heavy atom. The van der Waals surface area contributed by atoms with Gasteiger partial charge in [-0.1, -0.05) is 23.7 Å². The number of halogens is 1. The van der Waals surface area contributed by atoms with Crippen molar-refractivity contribution in [3.8, 4) is 5.75 Å². The summed E-state index contributed by atoms with van der Waals surface area (Å²) in [6, 6.07) is 13.9. The monoisotopic (exact) mass is 421 g/mol. The van der Waals surface area contributed by atoms with E-state index in [0.717, 1.165) is 5.56 Å². The molecule has 2 aromatic rings. The molecule has 5 nitrogen and oxygen atoms in total. The Balaban J connectivity index is 1.86. The first-order chi connectivity index (χ1) is 13.2. The van der Waals surface area contributed by atoms with Crippen molar-refractivity contribution in [2.75, 3.05) is 11.5 Å². The van der Waals surface area contributed by atoms with Gasteiger partial charge >= 0.3 is 0 Å². The molecule has 0 saturated carbocycles. The third-order valence-electron chi connectivity index (χ3n) is 4.63. The smallest absolute Gasteiger partial charge is 0.254 e. The van der Waals surface area contributed by atoms with Crippen LogP contribution >= 0.6 is 11.6 Å². The van der Waals surface area contributed by atoms with Crippen molar-refractivity contribution in [1.29, 1.82) is 0 Å². The van der Waals surface area contributed by atoms with Crippen LogP contribution in [0.25, 0.3) is 0 Å². The minimum Gasteiger partial charge on any atom is -0.491 e. The van der Waals surface area contributed by atoms with Crippen LogP contribution in [0.4, 0.5) is 0 Å². The van der Waals surface area contributed by atoms with Crippen molar-refractivity contribution < 1.29 is 17.9 Å². The Labute approximate surface area is 171 Å². The van der Waals surface area contributed by atoms with Gasteiger partial charge in [-0.05, 0) is 62.2 Å². The Kier molecular flexibility index (Phi) is 6.30. The topological polar surface area (TPSA) is 63.7 Å². The second-order valence-corrected chi connectivity index (χ2v) is 9.98. The molecule has 0 radical (unpaired) electrons. The zero-order valence-electron chi connectivity index (χ0n) is 16.0. The third-order valence-corrected chi connectivity index (χ3v) is 6.61. The zero-order valence-corrected chi connectivity index (χ0v) is 17.5. The van der Waals surface area contributed by atoms with E-state index >= 15 is 0 Å². The lowest BCUT2D eigenvalue weighted by Crippen LogP contribution is -2.40. The number of hydrogen-bond acceptors (Lipinski definition) is 4. The van der Waals surface area contributed by atoms with Crippen LogP contribution in [0.15, 0.2) is 48.5 Å². The molecule has 1 atom stereocenters. The number of amides is 1. The highest BCUT2D eigenvalue weighted by atomic mass is 35.5. The normalized spacial score (nSPS) is 18.2. The average molecular weight is 422 g/mol. The SMILES string of the molecule is CC(C)Oc1ccc(C(=O)N(Cc2cccc(Cl)c2)C2CCS(=O)(=O)C2)cc1. The van der Waals surface area contributed by atoms with E-state index in [1.54, 1.807) is 41.3 Å². The van der Waals surface area contributed by atoms with E-state index in [1.807, 2.05) is 26.0 Å². The highest BCUT2D eigenvalue weighted by Gasteiger charge is 2.35. The highest BCUT2D eigenvalue weighted by Crippen LogP contribution is 2.24. The molecule has 1 aliphatic rings. The predicted octanol–water partition coefficient (Wildman–Crippen LogP) is 3.96. The van der Waals surface area contributed by atoms with E-state index in [4.69, 9.17) is 16.3 Å². The summed E-state index contributed by atoms with van der Waals surface area (Å²) < 4.78 is 29.6. The number of hydrogen-bond donors (Lipinski definition) is 0. The van der Waals surface area contributed by atoms with Crippen molar-refractivity contribution in [3.63, 3.8) is 0 Å². The fourth-order valence-electron chi connectivity index (χ4n) is 3.33. The minimum absolute atomic E-state index is 0.00610. The summed E-state index contributed by atoms with van der Waals surface area (Å²) in [5.41, 5.74) is 1.37. The van der Waals surface area contributed by atoms with Gasteiger partial charge in [0.2, 0.25) is 0 Å². The van der Waals surface area contributed by atoms with Crippen LogP contribution in [-0.4, -0.2) is 42.9 Å². The number of carbonyl (C=O) groups excluding carboxylic acids is 1. The Morgan fingerprint density at radius 1 is 1.21 bits per heavy atom. The summed E-state index contributed by atoms with van der Waals surface area (Å²) in [7, 11) is -3.12.